The van der Waals surface area contributed by atoms with Crippen LogP contribution in [0.1, 0.15) is 49.4 Å². The third-order valence-electron chi connectivity index (χ3n) is 3.48. The predicted molar refractivity (Wildman–Crippen MR) is 77.3 cm³/mol. The standard InChI is InChI=1S/C15H19FN2O4/c1-2-6-22-13(20)8-12(19)10-7-11(16)15(21)18-14(10)17-9-4-3-5-9/h7,9H,2-6,8H2,1H3,(H2,17,18,21). The second-order valence-corrected chi connectivity index (χ2v) is 5.28. The second-order valence-electron chi connectivity index (χ2n) is 5.28. The molecule has 0 saturated heterocycles. The number of nitrogens with zero attached hydrogens (tertiary/aromatic N) is 1. The molecule has 2 rings (SSSR count). The summed E-state index contributed by atoms with van der Waals surface area (Å²) in [6.07, 6.45) is 3.09. The number of esters is 1. The largest absolute Gasteiger partial charge is 0.491 e. The molecule has 0 bridgehead atoms. The lowest BCUT2D eigenvalue weighted by molar-refractivity contribution is -0.142. The number of aromatic nitrogens is 1. The minimum absolute atomic E-state index is 0.0457. The summed E-state index contributed by atoms with van der Waals surface area (Å²) < 4.78 is 18.3. The van der Waals surface area contributed by atoms with Gasteiger partial charge in [-0.25, -0.2) is 4.39 Å². The van der Waals surface area contributed by atoms with Gasteiger partial charge in [0.2, 0.25) is 5.88 Å². The molecule has 1 aliphatic carbocycles. The second kappa shape index (κ2) is 7.20. The van der Waals surface area contributed by atoms with Gasteiger partial charge < -0.3 is 15.2 Å². The Hall–Kier alpha value is -2.18. The van der Waals surface area contributed by atoms with Gasteiger partial charge in [-0.3, -0.25) is 9.59 Å². The number of pyridine rings is 1. The number of carbonyl (C=O) groups excluding carboxylic acids is 2. The number of anilines is 1. The Labute approximate surface area is 127 Å². The fraction of sp³-hybridized carbons (Fsp3) is 0.533. The molecule has 7 heteroatoms. The van der Waals surface area contributed by atoms with Crippen LogP contribution >= 0.6 is 0 Å². The van der Waals surface area contributed by atoms with Gasteiger partial charge in [-0.05, 0) is 31.7 Å². The van der Waals surface area contributed by atoms with Crippen molar-refractivity contribution < 1.29 is 23.8 Å². The van der Waals surface area contributed by atoms with Crippen molar-refractivity contribution in [2.24, 2.45) is 0 Å². The Morgan fingerprint density at radius 1 is 1.50 bits per heavy atom. The number of rotatable bonds is 7. The van der Waals surface area contributed by atoms with Crippen LogP contribution < -0.4 is 5.32 Å². The Morgan fingerprint density at radius 3 is 2.82 bits per heavy atom. The number of nitrogens with one attached hydrogen (secondary N) is 1. The Morgan fingerprint density at radius 2 is 2.23 bits per heavy atom. The zero-order valence-electron chi connectivity index (χ0n) is 12.4. The minimum atomic E-state index is -0.996. The highest BCUT2D eigenvalue weighted by Crippen LogP contribution is 2.27. The van der Waals surface area contributed by atoms with Gasteiger partial charge in [0, 0.05) is 6.04 Å². The molecule has 0 amide bonds. The SMILES string of the molecule is CCCOC(=O)CC(=O)c1cc(F)c(O)nc1NC1CCC1. The van der Waals surface area contributed by atoms with Crippen LogP contribution in [0.2, 0.25) is 0 Å². The summed E-state index contributed by atoms with van der Waals surface area (Å²) in [7, 11) is 0. The van der Waals surface area contributed by atoms with E-state index in [1.54, 1.807) is 0 Å². The van der Waals surface area contributed by atoms with Crippen molar-refractivity contribution in [3.63, 3.8) is 0 Å². The molecule has 6 nitrogen and oxygen atoms in total. The van der Waals surface area contributed by atoms with Crippen molar-refractivity contribution >= 4 is 17.6 Å². The van der Waals surface area contributed by atoms with Crippen molar-refractivity contribution in [2.75, 3.05) is 11.9 Å². The number of hydrogen-bond donors (Lipinski definition) is 2. The summed E-state index contributed by atoms with van der Waals surface area (Å²) >= 11 is 0. The van der Waals surface area contributed by atoms with E-state index >= 15 is 0 Å². The molecular formula is C15H19FN2O4. The summed E-state index contributed by atoms with van der Waals surface area (Å²) in [6.45, 7) is 2.08. The number of halogens is 1. The highest BCUT2D eigenvalue weighted by atomic mass is 19.1. The smallest absolute Gasteiger partial charge is 0.313 e. The van der Waals surface area contributed by atoms with E-state index in [4.69, 9.17) is 4.74 Å². The van der Waals surface area contributed by atoms with Crippen LogP contribution in [0.15, 0.2) is 6.07 Å². The van der Waals surface area contributed by atoms with Gasteiger partial charge in [-0.2, -0.15) is 4.98 Å². The molecule has 0 spiro atoms. The van der Waals surface area contributed by atoms with E-state index in [2.05, 4.69) is 10.3 Å². The molecule has 1 saturated carbocycles. The zero-order valence-corrected chi connectivity index (χ0v) is 12.4. The van der Waals surface area contributed by atoms with Gasteiger partial charge in [0.25, 0.3) is 0 Å². The fourth-order valence-corrected chi connectivity index (χ4v) is 2.04. The minimum Gasteiger partial charge on any atom is -0.491 e. The average Bonchev–Trinajstić information content (AvgIpc) is 2.43. The molecule has 0 radical (unpaired) electrons. The summed E-state index contributed by atoms with van der Waals surface area (Å²) in [6, 6.07) is 1.05. The number of hydrogen-bond acceptors (Lipinski definition) is 6. The topological polar surface area (TPSA) is 88.5 Å². The van der Waals surface area contributed by atoms with Crippen LogP contribution in [0, 0.1) is 5.82 Å². The van der Waals surface area contributed by atoms with E-state index in [0.29, 0.717) is 6.42 Å². The molecule has 1 heterocycles. The van der Waals surface area contributed by atoms with Crippen molar-refractivity contribution in [3.8, 4) is 5.88 Å². The number of carbonyl (C=O) groups is 2. The molecule has 120 valence electrons. The maximum Gasteiger partial charge on any atom is 0.313 e. The van der Waals surface area contributed by atoms with E-state index in [1.807, 2.05) is 6.92 Å². The molecule has 1 aromatic rings. The molecule has 1 fully saturated rings. The van der Waals surface area contributed by atoms with Gasteiger partial charge in [-0.1, -0.05) is 6.92 Å². The van der Waals surface area contributed by atoms with E-state index in [1.165, 1.54) is 0 Å². The Balaban J connectivity index is 2.14. The quantitative estimate of drug-likeness (QED) is 0.457. The molecule has 0 aliphatic heterocycles. The third kappa shape index (κ3) is 3.93. The Bertz CT molecular complexity index is 573. The van der Waals surface area contributed by atoms with Gasteiger partial charge in [0.1, 0.15) is 12.2 Å². The molecule has 1 aliphatic rings. The lowest BCUT2D eigenvalue weighted by Crippen LogP contribution is -2.28. The lowest BCUT2D eigenvalue weighted by Gasteiger charge is -2.27. The predicted octanol–water partition coefficient (Wildman–Crippen LogP) is 2.42. The summed E-state index contributed by atoms with van der Waals surface area (Å²) in [5.41, 5.74) is -0.0457. The first kappa shape index (κ1) is 16.2. The molecule has 0 aromatic carbocycles. The van der Waals surface area contributed by atoms with Crippen LogP contribution in [0.3, 0.4) is 0 Å². The summed E-state index contributed by atoms with van der Waals surface area (Å²) in [5.74, 6) is -2.91. The third-order valence-corrected chi connectivity index (χ3v) is 3.48. The van der Waals surface area contributed by atoms with Gasteiger partial charge in [0.15, 0.2) is 11.6 Å². The van der Waals surface area contributed by atoms with Crippen LogP contribution in [-0.4, -0.2) is 34.5 Å². The van der Waals surface area contributed by atoms with E-state index in [9.17, 15) is 19.1 Å². The van der Waals surface area contributed by atoms with E-state index in [-0.39, 0.29) is 24.0 Å². The number of ether oxygens (including phenoxy) is 1. The average molecular weight is 310 g/mol. The molecule has 2 N–H and O–H groups in total. The molecule has 0 atom stereocenters. The van der Waals surface area contributed by atoms with Crippen LogP contribution in [0.25, 0.3) is 0 Å². The number of ketones is 1. The van der Waals surface area contributed by atoms with Gasteiger partial charge in [0.05, 0.1) is 12.2 Å². The first-order valence-electron chi connectivity index (χ1n) is 7.36. The van der Waals surface area contributed by atoms with Crippen molar-refractivity contribution in [3.05, 3.63) is 17.4 Å². The van der Waals surface area contributed by atoms with Crippen LogP contribution in [0.5, 0.6) is 5.88 Å². The van der Waals surface area contributed by atoms with Crippen LogP contribution in [-0.2, 0) is 9.53 Å². The summed E-state index contributed by atoms with van der Waals surface area (Å²) in [5, 5.41) is 12.4. The fourth-order valence-electron chi connectivity index (χ4n) is 2.04. The lowest BCUT2D eigenvalue weighted by atomic mass is 9.93. The normalized spacial score (nSPS) is 14.3. The first-order chi connectivity index (χ1) is 10.5. The van der Waals surface area contributed by atoms with Crippen LogP contribution in [0.4, 0.5) is 10.2 Å². The summed E-state index contributed by atoms with van der Waals surface area (Å²) in [4.78, 5) is 27.4. The molecule has 1 aromatic heterocycles. The maximum absolute atomic E-state index is 13.5. The monoisotopic (exact) mass is 310 g/mol. The Kier molecular flexibility index (Phi) is 5.30. The number of Topliss-reactive ketones (excluding diaryl/α,β-unsaturated/α-hetero) is 1. The van der Waals surface area contributed by atoms with Crippen molar-refractivity contribution in [1.29, 1.82) is 0 Å². The van der Waals surface area contributed by atoms with E-state index < -0.39 is 29.9 Å². The highest BCUT2D eigenvalue weighted by Gasteiger charge is 2.24. The molecule has 0 unspecified atom stereocenters. The van der Waals surface area contributed by atoms with Crippen molar-refractivity contribution in [1.82, 2.24) is 4.98 Å². The highest BCUT2D eigenvalue weighted by molar-refractivity contribution is 6.08. The van der Waals surface area contributed by atoms with E-state index in [0.717, 1.165) is 25.3 Å². The first-order valence-corrected chi connectivity index (χ1v) is 7.36. The van der Waals surface area contributed by atoms with Crippen molar-refractivity contribution in [2.45, 2.75) is 45.1 Å². The zero-order chi connectivity index (χ0) is 16.1. The maximum atomic E-state index is 13.5. The van der Waals surface area contributed by atoms with Gasteiger partial charge in [-0.15, -0.1) is 0 Å². The molecule has 22 heavy (non-hydrogen) atoms. The number of aromatic hydroxyl groups is 1. The molecular weight excluding hydrogens is 291 g/mol. The van der Waals surface area contributed by atoms with Gasteiger partial charge >= 0.3 is 5.97 Å².